The lowest BCUT2D eigenvalue weighted by molar-refractivity contribution is 0.0195. The van der Waals surface area contributed by atoms with Crippen molar-refractivity contribution in [2.24, 2.45) is 0 Å². The fraction of sp³-hybridized carbons (Fsp3) is 0.615. The van der Waals surface area contributed by atoms with E-state index in [9.17, 15) is 0 Å². The smallest absolute Gasteiger partial charge is 0.0763 e. The fourth-order valence-corrected chi connectivity index (χ4v) is 2.43. The Labute approximate surface area is 97.4 Å². The van der Waals surface area contributed by atoms with Gasteiger partial charge in [-0.05, 0) is 26.5 Å². The highest BCUT2D eigenvalue weighted by molar-refractivity contribution is 5.24. The number of pyridine rings is 1. The van der Waals surface area contributed by atoms with E-state index in [1.165, 1.54) is 11.3 Å². The van der Waals surface area contributed by atoms with Crippen molar-refractivity contribution < 1.29 is 4.74 Å². The Kier molecular flexibility index (Phi) is 3.56. The predicted octanol–water partition coefficient (Wildman–Crippen LogP) is 2.38. The Morgan fingerprint density at radius 1 is 1.56 bits per heavy atom. The van der Waals surface area contributed by atoms with Gasteiger partial charge in [0.2, 0.25) is 0 Å². The van der Waals surface area contributed by atoms with Crippen LogP contribution in [0.2, 0.25) is 0 Å². The molecule has 1 aliphatic heterocycles. The summed E-state index contributed by atoms with van der Waals surface area (Å²) >= 11 is 0. The molecule has 1 unspecified atom stereocenters. The Hall–Kier alpha value is -0.930. The molecule has 0 aliphatic carbocycles. The first-order valence-corrected chi connectivity index (χ1v) is 6.01. The third kappa shape index (κ3) is 2.11. The van der Waals surface area contributed by atoms with Crippen LogP contribution >= 0.6 is 0 Å². The van der Waals surface area contributed by atoms with E-state index in [0.717, 1.165) is 13.2 Å². The molecule has 1 aliphatic rings. The summed E-state index contributed by atoms with van der Waals surface area (Å²) in [6.07, 6.45) is 1.88. The molecule has 1 aromatic heterocycles. The van der Waals surface area contributed by atoms with Crippen molar-refractivity contribution in [2.75, 3.05) is 13.2 Å². The summed E-state index contributed by atoms with van der Waals surface area (Å²) in [4.78, 5) is 6.97. The SMILES string of the molecule is CCN(C(C)C)C1COCc2cccnc21. The number of likely N-dealkylation sites (N-methyl/N-ethyl adjacent to an activating group) is 1. The zero-order valence-electron chi connectivity index (χ0n) is 10.3. The number of nitrogens with zero attached hydrogens (tertiary/aromatic N) is 2. The van der Waals surface area contributed by atoms with E-state index in [-0.39, 0.29) is 0 Å². The van der Waals surface area contributed by atoms with E-state index < -0.39 is 0 Å². The van der Waals surface area contributed by atoms with Crippen LogP contribution in [0.4, 0.5) is 0 Å². The van der Waals surface area contributed by atoms with Crippen molar-refractivity contribution in [1.29, 1.82) is 0 Å². The average molecular weight is 220 g/mol. The summed E-state index contributed by atoms with van der Waals surface area (Å²) < 4.78 is 5.66. The van der Waals surface area contributed by atoms with Crippen LogP contribution in [0, 0.1) is 0 Å². The second-order valence-corrected chi connectivity index (χ2v) is 4.50. The number of hydrogen-bond acceptors (Lipinski definition) is 3. The van der Waals surface area contributed by atoms with Gasteiger partial charge in [-0.3, -0.25) is 9.88 Å². The Balaban J connectivity index is 2.30. The van der Waals surface area contributed by atoms with Crippen molar-refractivity contribution in [1.82, 2.24) is 9.88 Å². The molecule has 0 amide bonds. The summed E-state index contributed by atoms with van der Waals surface area (Å²) in [5.41, 5.74) is 2.43. The minimum Gasteiger partial charge on any atom is -0.375 e. The van der Waals surface area contributed by atoms with Gasteiger partial charge in [0.1, 0.15) is 0 Å². The lowest BCUT2D eigenvalue weighted by atomic mass is 10.0. The highest BCUT2D eigenvalue weighted by Crippen LogP contribution is 2.28. The van der Waals surface area contributed by atoms with Crippen LogP contribution < -0.4 is 0 Å². The molecular formula is C13H20N2O. The molecule has 0 spiro atoms. The van der Waals surface area contributed by atoms with Crippen LogP contribution in [0.25, 0.3) is 0 Å². The van der Waals surface area contributed by atoms with Gasteiger partial charge in [-0.2, -0.15) is 0 Å². The number of hydrogen-bond donors (Lipinski definition) is 0. The number of rotatable bonds is 3. The number of fused-ring (bicyclic) bond motifs is 1. The quantitative estimate of drug-likeness (QED) is 0.782. The molecule has 0 saturated carbocycles. The highest BCUT2D eigenvalue weighted by Gasteiger charge is 2.28. The number of ether oxygens (including phenoxy) is 1. The normalized spacial score (nSPS) is 20.2. The first-order chi connectivity index (χ1) is 7.74. The summed E-state index contributed by atoms with van der Waals surface area (Å²) in [6, 6.07) is 4.93. The molecule has 3 nitrogen and oxygen atoms in total. The summed E-state index contributed by atoms with van der Waals surface area (Å²) in [5.74, 6) is 0. The molecule has 1 atom stereocenters. The second-order valence-electron chi connectivity index (χ2n) is 4.50. The van der Waals surface area contributed by atoms with Gasteiger partial charge >= 0.3 is 0 Å². The van der Waals surface area contributed by atoms with E-state index in [1.807, 2.05) is 12.3 Å². The molecule has 2 rings (SSSR count). The van der Waals surface area contributed by atoms with Gasteiger partial charge in [-0.15, -0.1) is 0 Å². The van der Waals surface area contributed by atoms with Crippen molar-refractivity contribution in [2.45, 2.75) is 39.5 Å². The average Bonchev–Trinajstić information content (AvgIpc) is 2.30. The van der Waals surface area contributed by atoms with Gasteiger partial charge < -0.3 is 4.74 Å². The first-order valence-electron chi connectivity index (χ1n) is 6.01. The van der Waals surface area contributed by atoms with Gasteiger partial charge in [0.15, 0.2) is 0 Å². The molecule has 0 saturated heterocycles. The van der Waals surface area contributed by atoms with Crippen LogP contribution in [-0.2, 0) is 11.3 Å². The molecule has 2 heterocycles. The summed E-state index contributed by atoms with van der Waals surface area (Å²) in [6.45, 7) is 9.13. The molecule has 0 N–H and O–H groups in total. The van der Waals surface area contributed by atoms with E-state index in [2.05, 4.69) is 36.7 Å². The molecule has 1 aromatic rings. The Morgan fingerprint density at radius 3 is 3.06 bits per heavy atom. The molecule has 0 aromatic carbocycles. The zero-order valence-corrected chi connectivity index (χ0v) is 10.3. The van der Waals surface area contributed by atoms with Crippen molar-refractivity contribution in [3.05, 3.63) is 29.6 Å². The standard InChI is InChI=1S/C13H20N2O/c1-4-15(10(2)3)12-9-16-8-11-6-5-7-14-13(11)12/h5-7,10,12H,4,8-9H2,1-3H3. The first kappa shape index (κ1) is 11.6. The maximum Gasteiger partial charge on any atom is 0.0763 e. The summed E-state index contributed by atoms with van der Waals surface area (Å²) in [5, 5.41) is 0. The number of aromatic nitrogens is 1. The minimum atomic E-state index is 0.315. The van der Waals surface area contributed by atoms with Crippen LogP contribution in [0.3, 0.4) is 0 Å². The van der Waals surface area contributed by atoms with Gasteiger partial charge in [-0.25, -0.2) is 0 Å². The van der Waals surface area contributed by atoms with Gasteiger partial charge in [0, 0.05) is 17.8 Å². The largest absolute Gasteiger partial charge is 0.375 e. The van der Waals surface area contributed by atoms with E-state index >= 15 is 0 Å². The maximum atomic E-state index is 5.66. The van der Waals surface area contributed by atoms with Crippen molar-refractivity contribution >= 4 is 0 Å². The fourth-order valence-electron chi connectivity index (χ4n) is 2.43. The molecule has 0 fully saturated rings. The third-order valence-corrected chi connectivity index (χ3v) is 3.20. The Bertz CT molecular complexity index is 352. The van der Waals surface area contributed by atoms with Gasteiger partial charge in [-0.1, -0.05) is 13.0 Å². The van der Waals surface area contributed by atoms with Crippen LogP contribution in [0.15, 0.2) is 18.3 Å². The second kappa shape index (κ2) is 4.93. The topological polar surface area (TPSA) is 25.4 Å². The van der Waals surface area contributed by atoms with E-state index in [4.69, 9.17) is 4.74 Å². The third-order valence-electron chi connectivity index (χ3n) is 3.20. The predicted molar refractivity (Wildman–Crippen MR) is 64.2 cm³/mol. The maximum absolute atomic E-state index is 5.66. The van der Waals surface area contributed by atoms with Crippen molar-refractivity contribution in [3.63, 3.8) is 0 Å². The molecule has 16 heavy (non-hydrogen) atoms. The lowest BCUT2D eigenvalue weighted by Crippen LogP contribution is -2.39. The van der Waals surface area contributed by atoms with E-state index in [0.29, 0.717) is 18.7 Å². The minimum absolute atomic E-state index is 0.315. The van der Waals surface area contributed by atoms with Crippen LogP contribution in [-0.4, -0.2) is 29.1 Å². The molecule has 0 radical (unpaired) electrons. The molecule has 88 valence electrons. The lowest BCUT2D eigenvalue weighted by Gasteiger charge is -2.36. The summed E-state index contributed by atoms with van der Waals surface area (Å²) in [7, 11) is 0. The Morgan fingerprint density at radius 2 is 2.38 bits per heavy atom. The van der Waals surface area contributed by atoms with Gasteiger partial charge in [0.25, 0.3) is 0 Å². The van der Waals surface area contributed by atoms with E-state index in [1.54, 1.807) is 0 Å². The highest BCUT2D eigenvalue weighted by atomic mass is 16.5. The molecule has 3 heteroatoms. The van der Waals surface area contributed by atoms with Gasteiger partial charge in [0.05, 0.1) is 24.9 Å². The molecule has 0 bridgehead atoms. The zero-order chi connectivity index (χ0) is 11.5. The van der Waals surface area contributed by atoms with Crippen LogP contribution in [0.5, 0.6) is 0 Å². The monoisotopic (exact) mass is 220 g/mol. The van der Waals surface area contributed by atoms with Crippen molar-refractivity contribution in [3.8, 4) is 0 Å². The van der Waals surface area contributed by atoms with Crippen LogP contribution in [0.1, 0.15) is 38.1 Å². The molecular weight excluding hydrogens is 200 g/mol.